The normalized spacial score (nSPS) is 17.8. The molecule has 37 heavy (non-hydrogen) atoms. The van der Waals surface area contributed by atoms with Crippen molar-refractivity contribution in [3.63, 3.8) is 0 Å². The van der Waals surface area contributed by atoms with Gasteiger partial charge in [-0.05, 0) is 63.9 Å². The molecule has 2 fully saturated rings. The van der Waals surface area contributed by atoms with Crippen LogP contribution in [0.2, 0.25) is 0 Å². The van der Waals surface area contributed by atoms with E-state index < -0.39 is 14.9 Å². The quantitative estimate of drug-likeness (QED) is 0.265. The van der Waals surface area contributed by atoms with Crippen LogP contribution in [0.4, 0.5) is 5.69 Å². The van der Waals surface area contributed by atoms with Crippen molar-refractivity contribution in [1.29, 1.82) is 0 Å². The van der Waals surface area contributed by atoms with Gasteiger partial charge in [0, 0.05) is 30.8 Å². The van der Waals surface area contributed by atoms with E-state index in [0.29, 0.717) is 6.42 Å². The van der Waals surface area contributed by atoms with Crippen molar-refractivity contribution in [2.75, 3.05) is 32.7 Å². The molecule has 0 spiro atoms. The Kier molecular flexibility index (Phi) is 11.3. The molecule has 0 N–H and O–H groups in total. The van der Waals surface area contributed by atoms with Crippen LogP contribution in [0.15, 0.2) is 29.2 Å². The highest BCUT2D eigenvalue weighted by Gasteiger charge is 2.35. The molecule has 1 aromatic rings. The summed E-state index contributed by atoms with van der Waals surface area (Å²) in [6.07, 6.45) is 11.4. The summed E-state index contributed by atoms with van der Waals surface area (Å²) in [5.41, 5.74) is -0.163. The van der Waals surface area contributed by atoms with Crippen LogP contribution >= 0.6 is 0 Å². The first-order chi connectivity index (χ1) is 17.8. The lowest BCUT2D eigenvalue weighted by atomic mass is 9.88. The Balaban J connectivity index is 1.85. The third kappa shape index (κ3) is 7.97. The summed E-state index contributed by atoms with van der Waals surface area (Å²) >= 11 is 0. The maximum absolute atomic E-state index is 13.9. The fraction of sp³-hybridized carbons (Fsp3) is 0.741. The number of sulfonamides is 1. The Morgan fingerprint density at radius 3 is 1.86 bits per heavy atom. The van der Waals surface area contributed by atoms with Crippen LogP contribution in [0.1, 0.15) is 84.5 Å². The van der Waals surface area contributed by atoms with Crippen molar-refractivity contribution >= 4 is 21.6 Å². The second-order valence-corrected chi connectivity index (χ2v) is 12.3. The average Bonchev–Trinajstić information content (AvgIpc) is 2.92. The second kappa shape index (κ2) is 14.2. The predicted octanol–water partition coefficient (Wildman–Crippen LogP) is 4.81. The number of non-ortho nitro benzene ring substituents is 1. The van der Waals surface area contributed by atoms with E-state index >= 15 is 0 Å². The SMILES string of the molecule is CCN(CC)CCCN(CC(=O)N(C1CCCCC1)C1CCCCC1)S(=O)(=O)c1ccc([N+](=O)[O-])cc1. The third-order valence-electron chi connectivity index (χ3n) is 8.00. The first-order valence-corrected chi connectivity index (χ1v) is 15.5. The molecule has 0 heterocycles. The summed E-state index contributed by atoms with van der Waals surface area (Å²) in [6.45, 7) is 6.68. The van der Waals surface area contributed by atoms with Gasteiger partial charge in [0.25, 0.3) is 5.69 Å². The minimum absolute atomic E-state index is 0.0179. The lowest BCUT2D eigenvalue weighted by Crippen LogP contribution is -2.52. The molecule has 1 aromatic carbocycles. The predicted molar refractivity (Wildman–Crippen MR) is 145 cm³/mol. The molecule has 0 unspecified atom stereocenters. The van der Waals surface area contributed by atoms with Gasteiger partial charge < -0.3 is 9.80 Å². The van der Waals surface area contributed by atoms with E-state index in [1.807, 2.05) is 0 Å². The van der Waals surface area contributed by atoms with E-state index in [0.717, 1.165) is 71.0 Å². The Labute approximate surface area is 222 Å². The van der Waals surface area contributed by atoms with Gasteiger partial charge in [-0.1, -0.05) is 52.4 Å². The average molecular weight is 537 g/mol. The van der Waals surface area contributed by atoms with E-state index in [4.69, 9.17) is 0 Å². The monoisotopic (exact) mass is 536 g/mol. The highest BCUT2D eigenvalue weighted by atomic mass is 32.2. The number of nitrogens with zero attached hydrogens (tertiary/aromatic N) is 4. The molecule has 10 heteroatoms. The topological polar surface area (TPSA) is 104 Å². The molecule has 0 saturated heterocycles. The summed E-state index contributed by atoms with van der Waals surface area (Å²) in [4.78, 5) is 28.7. The van der Waals surface area contributed by atoms with E-state index in [1.165, 1.54) is 41.4 Å². The highest BCUT2D eigenvalue weighted by molar-refractivity contribution is 7.89. The number of benzene rings is 1. The lowest BCUT2D eigenvalue weighted by molar-refractivity contribution is -0.384. The number of hydrogen-bond donors (Lipinski definition) is 0. The summed E-state index contributed by atoms with van der Waals surface area (Å²) in [5.74, 6) is -0.105. The zero-order chi connectivity index (χ0) is 26.8. The van der Waals surface area contributed by atoms with E-state index in [-0.39, 0.29) is 41.7 Å². The van der Waals surface area contributed by atoms with Gasteiger partial charge in [0.2, 0.25) is 15.9 Å². The molecule has 3 rings (SSSR count). The molecular formula is C27H44N4O5S. The standard InChI is InChI=1S/C27H44N4O5S/c1-3-28(4-2)20-11-21-29(37(35,36)26-18-16-25(17-19-26)31(33)34)22-27(32)30(23-12-7-5-8-13-23)24-14-9-6-10-15-24/h16-19,23-24H,3-15,20-22H2,1-2H3. The van der Waals surface area contributed by atoms with Gasteiger partial charge in [-0.25, -0.2) is 8.42 Å². The Morgan fingerprint density at radius 2 is 1.41 bits per heavy atom. The van der Waals surface area contributed by atoms with Crippen LogP contribution in [0, 0.1) is 10.1 Å². The van der Waals surface area contributed by atoms with Gasteiger partial charge in [-0.15, -0.1) is 0 Å². The fourth-order valence-electron chi connectivity index (χ4n) is 5.84. The minimum atomic E-state index is -4.00. The second-order valence-electron chi connectivity index (χ2n) is 10.4. The summed E-state index contributed by atoms with van der Waals surface area (Å²) < 4.78 is 28.7. The van der Waals surface area contributed by atoms with Crippen LogP contribution in [0.5, 0.6) is 0 Å². The van der Waals surface area contributed by atoms with Crippen LogP contribution < -0.4 is 0 Å². The zero-order valence-corrected chi connectivity index (χ0v) is 23.3. The van der Waals surface area contributed by atoms with Crippen LogP contribution in [0.25, 0.3) is 0 Å². The van der Waals surface area contributed by atoms with Crippen LogP contribution in [-0.2, 0) is 14.8 Å². The molecule has 9 nitrogen and oxygen atoms in total. The number of rotatable bonds is 13. The molecule has 0 atom stereocenters. The Hall–Kier alpha value is -2.04. The highest BCUT2D eigenvalue weighted by Crippen LogP contribution is 2.31. The fourth-order valence-corrected chi connectivity index (χ4v) is 7.27. The minimum Gasteiger partial charge on any atom is -0.336 e. The third-order valence-corrected chi connectivity index (χ3v) is 9.86. The first-order valence-electron chi connectivity index (χ1n) is 14.1. The molecule has 0 bridgehead atoms. The largest absolute Gasteiger partial charge is 0.336 e. The van der Waals surface area contributed by atoms with E-state index in [9.17, 15) is 23.3 Å². The Morgan fingerprint density at radius 1 is 0.892 bits per heavy atom. The van der Waals surface area contributed by atoms with Crippen LogP contribution in [0.3, 0.4) is 0 Å². The number of amides is 1. The van der Waals surface area contributed by atoms with Crippen molar-refractivity contribution in [1.82, 2.24) is 14.1 Å². The molecular weight excluding hydrogens is 492 g/mol. The summed E-state index contributed by atoms with van der Waals surface area (Å²) in [5, 5.41) is 11.1. The van der Waals surface area contributed by atoms with E-state index in [2.05, 4.69) is 23.6 Å². The molecule has 2 aliphatic rings. The van der Waals surface area contributed by atoms with Crippen molar-refractivity contribution in [2.45, 2.75) is 101 Å². The van der Waals surface area contributed by atoms with E-state index in [1.54, 1.807) is 0 Å². The molecule has 1 amide bonds. The molecule has 2 saturated carbocycles. The number of hydrogen-bond acceptors (Lipinski definition) is 6. The smallest absolute Gasteiger partial charge is 0.269 e. The maximum Gasteiger partial charge on any atom is 0.269 e. The van der Waals surface area contributed by atoms with Crippen molar-refractivity contribution < 1.29 is 18.1 Å². The first kappa shape index (κ1) is 29.5. The molecule has 2 aliphatic carbocycles. The van der Waals surface area contributed by atoms with Crippen molar-refractivity contribution in [3.8, 4) is 0 Å². The molecule has 0 radical (unpaired) electrons. The van der Waals surface area contributed by atoms with Gasteiger partial charge >= 0.3 is 0 Å². The van der Waals surface area contributed by atoms with Gasteiger partial charge in [0.1, 0.15) is 0 Å². The van der Waals surface area contributed by atoms with Gasteiger partial charge in [-0.3, -0.25) is 14.9 Å². The summed E-state index contributed by atoms with van der Waals surface area (Å²) in [7, 11) is -4.00. The number of nitro benzene ring substituents is 1. The lowest BCUT2D eigenvalue weighted by Gasteiger charge is -2.42. The summed E-state index contributed by atoms with van der Waals surface area (Å²) in [6, 6.07) is 5.33. The number of carbonyl (C=O) groups is 1. The molecule has 208 valence electrons. The van der Waals surface area contributed by atoms with Crippen molar-refractivity contribution in [3.05, 3.63) is 34.4 Å². The van der Waals surface area contributed by atoms with Crippen molar-refractivity contribution in [2.24, 2.45) is 0 Å². The number of carbonyl (C=O) groups excluding carboxylic acids is 1. The number of nitro groups is 1. The Bertz CT molecular complexity index is 951. The van der Waals surface area contributed by atoms with Gasteiger partial charge in [0.05, 0.1) is 16.4 Å². The molecule has 0 aliphatic heterocycles. The van der Waals surface area contributed by atoms with Crippen LogP contribution in [-0.4, -0.2) is 78.2 Å². The maximum atomic E-state index is 13.9. The zero-order valence-electron chi connectivity index (χ0n) is 22.5. The van der Waals surface area contributed by atoms with Gasteiger partial charge in [-0.2, -0.15) is 4.31 Å². The molecule has 0 aromatic heterocycles. The van der Waals surface area contributed by atoms with Gasteiger partial charge in [0.15, 0.2) is 0 Å².